The molecule has 1 aliphatic heterocycles. The van der Waals surface area contributed by atoms with E-state index in [1.165, 1.54) is 12.4 Å². The van der Waals surface area contributed by atoms with Gasteiger partial charge in [-0.25, -0.2) is 9.97 Å². The number of carbonyl (C=O) groups excluding carboxylic acids is 1. The Balaban J connectivity index is 1.75. The van der Waals surface area contributed by atoms with Crippen molar-refractivity contribution in [1.29, 1.82) is 0 Å². The molecule has 0 unspecified atom stereocenters. The van der Waals surface area contributed by atoms with Crippen LogP contribution in [0.5, 0.6) is 0 Å². The van der Waals surface area contributed by atoms with E-state index in [4.69, 9.17) is 16.7 Å². The van der Waals surface area contributed by atoms with Crippen molar-refractivity contribution >= 4 is 34.8 Å². The van der Waals surface area contributed by atoms with Gasteiger partial charge < -0.3 is 10.0 Å². The molecule has 0 bridgehead atoms. The topological polar surface area (TPSA) is 137 Å². The summed E-state index contributed by atoms with van der Waals surface area (Å²) in [7, 11) is 0. The van der Waals surface area contributed by atoms with Gasteiger partial charge >= 0.3 is 5.69 Å². The van der Waals surface area contributed by atoms with Gasteiger partial charge in [-0.3, -0.25) is 30.7 Å². The van der Waals surface area contributed by atoms with Crippen molar-refractivity contribution in [2.45, 2.75) is 0 Å². The van der Waals surface area contributed by atoms with E-state index in [2.05, 4.69) is 25.7 Å². The Kier molecular flexibility index (Phi) is 6.75. The number of aliphatic hydroxyl groups is 1. The van der Waals surface area contributed by atoms with Crippen LogP contribution in [0.2, 0.25) is 5.02 Å². The smallest absolute Gasteiger partial charge is 0.355 e. The van der Waals surface area contributed by atoms with Crippen LogP contribution in [-0.2, 0) is 0 Å². The molecular formula is C17H20ClN7O4. The van der Waals surface area contributed by atoms with Crippen LogP contribution in [0.15, 0.2) is 30.6 Å². The molecule has 1 aromatic heterocycles. The molecule has 12 heteroatoms. The average molecular weight is 422 g/mol. The monoisotopic (exact) mass is 421 g/mol. The van der Waals surface area contributed by atoms with Crippen molar-refractivity contribution in [1.82, 2.24) is 20.3 Å². The largest absolute Gasteiger partial charge is 0.395 e. The number of nitrogens with zero attached hydrogens (tertiary/aromatic N) is 5. The van der Waals surface area contributed by atoms with Gasteiger partial charge in [0.2, 0.25) is 11.6 Å². The third kappa shape index (κ3) is 5.08. The van der Waals surface area contributed by atoms with E-state index in [1.54, 1.807) is 23.1 Å². The van der Waals surface area contributed by atoms with E-state index in [-0.39, 0.29) is 23.9 Å². The van der Waals surface area contributed by atoms with Gasteiger partial charge in [0.25, 0.3) is 5.91 Å². The number of anilines is 2. The zero-order valence-corrected chi connectivity index (χ0v) is 16.2. The first-order chi connectivity index (χ1) is 14.0. The van der Waals surface area contributed by atoms with Crippen LogP contribution in [0.25, 0.3) is 0 Å². The van der Waals surface area contributed by atoms with Crippen LogP contribution in [0.3, 0.4) is 0 Å². The number of hydrazine groups is 1. The maximum Gasteiger partial charge on any atom is 0.355 e. The van der Waals surface area contributed by atoms with Crippen LogP contribution in [0.4, 0.5) is 17.3 Å². The first-order valence-corrected chi connectivity index (χ1v) is 9.27. The lowest BCUT2D eigenvalue weighted by Crippen LogP contribution is -2.47. The molecular weight excluding hydrogens is 402 g/mol. The number of benzene rings is 1. The molecule has 0 saturated carbocycles. The second-order valence-electron chi connectivity index (χ2n) is 6.29. The van der Waals surface area contributed by atoms with Crippen molar-refractivity contribution in [2.24, 2.45) is 0 Å². The SMILES string of the molecule is O=C(NNc1ncnc(N2CCN(CCO)CC2)c1[N+](=O)[O-])c1cccc(Cl)c1. The number of aliphatic hydroxyl groups excluding tert-OH is 1. The number of halogens is 1. The van der Waals surface area contributed by atoms with Gasteiger partial charge in [0.1, 0.15) is 6.33 Å². The highest BCUT2D eigenvalue weighted by molar-refractivity contribution is 6.30. The van der Waals surface area contributed by atoms with Crippen LogP contribution >= 0.6 is 11.6 Å². The van der Waals surface area contributed by atoms with Gasteiger partial charge in [-0.15, -0.1) is 0 Å². The van der Waals surface area contributed by atoms with E-state index in [0.717, 1.165) is 0 Å². The fraction of sp³-hybridized carbons (Fsp3) is 0.353. The third-order valence-corrected chi connectivity index (χ3v) is 4.69. The first kappa shape index (κ1) is 20.7. The summed E-state index contributed by atoms with van der Waals surface area (Å²) >= 11 is 5.88. The molecule has 1 fully saturated rings. The lowest BCUT2D eigenvalue weighted by atomic mass is 10.2. The molecule has 2 aromatic rings. The van der Waals surface area contributed by atoms with Gasteiger partial charge in [0, 0.05) is 43.3 Å². The highest BCUT2D eigenvalue weighted by Crippen LogP contribution is 2.31. The third-order valence-electron chi connectivity index (χ3n) is 4.45. The molecule has 1 saturated heterocycles. The van der Waals surface area contributed by atoms with Gasteiger partial charge in [-0.1, -0.05) is 17.7 Å². The molecule has 1 aliphatic rings. The predicted octanol–water partition coefficient (Wildman–Crippen LogP) is 0.909. The molecule has 3 N–H and O–H groups in total. The number of piperazine rings is 1. The number of amides is 1. The predicted molar refractivity (Wildman–Crippen MR) is 107 cm³/mol. The number of hydrogen-bond donors (Lipinski definition) is 3. The highest BCUT2D eigenvalue weighted by atomic mass is 35.5. The summed E-state index contributed by atoms with van der Waals surface area (Å²) in [4.78, 5) is 35.2. The summed E-state index contributed by atoms with van der Waals surface area (Å²) < 4.78 is 0. The Bertz CT molecular complexity index is 890. The van der Waals surface area contributed by atoms with Crippen molar-refractivity contribution in [2.75, 3.05) is 49.7 Å². The molecule has 0 aliphatic carbocycles. The summed E-state index contributed by atoms with van der Waals surface area (Å²) in [6, 6.07) is 6.30. The molecule has 11 nitrogen and oxygen atoms in total. The zero-order valence-electron chi connectivity index (χ0n) is 15.4. The van der Waals surface area contributed by atoms with Crippen LogP contribution < -0.4 is 15.8 Å². The van der Waals surface area contributed by atoms with E-state index >= 15 is 0 Å². The molecule has 0 spiro atoms. The number of nitro groups is 1. The Hall–Kier alpha value is -3.02. The van der Waals surface area contributed by atoms with Crippen molar-refractivity contribution in [3.63, 3.8) is 0 Å². The van der Waals surface area contributed by atoms with Crippen LogP contribution in [0.1, 0.15) is 10.4 Å². The number of nitrogens with one attached hydrogen (secondary N) is 2. The van der Waals surface area contributed by atoms with E-state index < -0.39 is 10.8 Å². The minimum atomic E-state index is -0.580. The Morgan fingerprint density at radius 1 is 1.28 bits per heavy atom. The van der Waals surface area contributed by atoms with E-state index in [0.29, 0.717) is 43.3 Å². The fourth-order valence-electron chi connectivity index (χ4n) is 3.00. The molecule has 0 atom stereocenters. The molecule has 0 radical (unpaired) electrons. The Morgan fingerprint density at radius 2 is 2.03 bits per heavy atom. The minimum absolute atomic E-state index is 0.0635. The fourth-order valence-corrected chi connectivity index (χ4v) is 3.19. The number of rotatable bonds is 7. The number of aromatic nitrogens is 2. The maximum atomic E-state index is 12.3. The maximum absolute atomic E-state index is 12.3. The molecule has 1 amide bonds. The zero-order chi connectivity index (χ0) is 20.8. The van der Waals surface area contributed by atoms with Gasteiger partial charge in [-0.05, 0) is 18.2 Å². The molecule has 2 heterocycles. The summed E-state index contributed by atoms with van der Waals surface area (Å²) in [5.41, 5.74) is 4.88. The molecule has 3 rings (SSSR count). The lowest BCUT2D eigenvalue weighted by molar-refractivity contribution is -0.383. The van der Waals surface area contributed by atoms with E-state index in [9.17, 15) is 14.9 Å². The number of β-amino-alcohol motifs (C(OH)–C–C–N with tert-alkyl or cyclic N) is 1. The normalized spacial score (nSPS) is 14.5. The van der Waals surface area contributed by atoms with Gasteiger partial charge in [0.15, 0.2) is 0 Å². The van der Waals surface area contributed by atoms with Gasteiger partial charge in [0.05, 0.1) is 11.5 Å². The van der Waals surface area contributed by atoms with Crippen molar-refractivity contribution in [3.05, 3.63) is 51.3 Å². The van der Waals surface area contributed by atoms with E-state index in [1.807, 2.05) is 0 Å². The molecule has 29 heavy (non-hydrogen) atoms. The summed E-state index contributed by atoms with van der Waals surface area (Å²) in [5.74, 6) is -0.458. The Labute approximate surface area is 171 Å². The van der Waals surface area contributed by atoms with Crippen molar-refractivity contribution in [3.8, 4) is 0 Å². The molecule has 1 aromatic carbocycles. The number of carbonyl (C=O) groups is 1. The standard InChI is InChI=1S/C17H20ClN7O4/c18-13-3-1-2-12(10-13)17(27)22-21-15-14(25(28)29)16(20-11-19-15)24-6-4-23(5-7-24)8-9-26/h1-3,10-11,26H,4-9H2,(H,22,27)(H,19,20,21). The second-order valence-corrected chi connectivity index (χ2v) is 6.73. The number of hydrogen-bond acceptors (Lipinski definition) is 9. The first-order valence-electron chi connectivity index (χ1n) is 8.89. The summed E-state index contributed by atoms with van der Waals surface area (Å²) in [6.07, 6.45) is 1.20. The quantitative estimate of drug-likeness (QED) is 0.440. The second kappa shape index (κ2) is 9.45. The minimum Gasteiger partial charge on any atom is -0.395 e. The van der Waals surface area contributed by atoms with Crippen LogP contribution in [-0.4, -0.2) is 70.1 Å². The molecule has 154 valence electrons. The summed E-state index contributed by atoms with van der Waals surface area (Å²) in [6.45, 7) is 2.96. The lowest BCUT2D eigenvalue weighted by Gasteiger charge is -2.34. The Morgan fingerprint density at radius 3 is 2.69 bits per heavy atom. The van der Waals surface area contributed by atoms with Crippen LogP contribution in [0, 0.1) is 10.1 Å². The highest BCUT2D eigenvalue weighted by Gasteiger charge is 2.29. The summed E-state index contributed by atoms with van der Waals surface area (Å²) in [5, 5.41) is 21.1. The van der Waals surface area contributed by atoms with Gasteiger partial charge in [-0.2, -0.15) is 0 Å². The van der Waals surface area contributed by atoms with Crippen molar-refractivity contribution < 1.29 is 14.8 Å². The average Bonchev–Trinajstić information content (AvgIpc) is 2.72.